The maximum atomic E-state index is 5.48. The average molecular weight is 182 g/mol. The molecular formula is C12H22O. The van der Waals surface area contributed by atoms with Crippen molar-refractivity contribution < 1.29 is 4.74 Å². The van der Waals surface area contributed by atoms with E-state index in [1.165, 1.54) is 38.5 Å². The molecule has 0 saturated heterocycles. The van der Waals surface area contributed by atoms with Crippen LogP contribution in [0.2, 0.25) is 0 Å². The average Bonchev–Trinajstić information content (AvgIpc) is 2.16. The molecule has 4 atom stereocenters. The Morgan fingerprint density at radius 3 is 2.46 bits per heavy atom. The van der Waals surface area contributed by atoms with Gasteiger partial charge in [0.2, 0.25) is 0 Å². The zero-order valence-corrected chi connectivity index (χ0v) is 8.96. The summed E-state index contributed by atoms with van der Waals surface area (Å²) in [6.07, 6.45) is 9.07. The molecule has 0 N–H and O–H groups in total. The molecule has 0 amide bonds. The summed E-state index contributed by atoms with van der Waals surface area (Å²) in [4.78, 5) is 0. The highest BCUT2D eigenvalue weighted by Gasteiger charge is 2.34. The summed E-state index contributed by atoms with van der Waals surface area (Å²) < 4.78 is 5.48. The van der Waals surface area contributed by atoms with E-state index in [4.69, 9.17) is 4.74 Å². The lowest BCUT2D eigenvalue weighted by Gasteiger charge is -2.40. The minimum atomic E-state index is 0.576. The molecule has 0 aromatic heterocycles. The van der Waals surface area contributed by atoms with E-state index in [0.29, 0.717) is 6.10 Å². The predicted octanol–water partition coefficient (Wildman–Crippen LogP) is 3.24. The minimum absolute atomic E-state index is 0.576. The van der Waals surface area contributed by atoms with Crippen LogP contribution in [-0.4, -0.2) is 13.2 Å². The molecule has 13 heavy (non-hydrogen) atoms. The van der Waals surface area contributed by atoms with Crippen LogP contribution in [0.25, 0.3) is 0 Å². The molecule has 76 valence electrons. The van der Waals surface area contributed by atoms with Crippen molar-refractivity contribution in [3.8, 4) is 0 Å². The van der Waals surface area contributed by atoms with Gasteiger partial charge in [-0.05, 0) is 49.9 Å². The van der Waals surface area contributed by atoms with Gasteiger partial charge in [-0.15, -0.1) is 0 Å². The van der Waals surface area contributed by atoms with Gasteiger partial charge in [0.05, 0.1) is 6.10 Å². The second-order valence-electron chi connectivity index (χ2n) is 5.11. The molecule has 1 nitrogen and oxygen atoms in total. The predicted molar refractivity (Wildman–Crippen MR) is 54.6 cm³/mol. The van der Waals surface area contributed by atoms with E-state index in [1.54, 1.807) is 0 Å². The summed E-state index contributed by atoms with van der Waals surface area (Å²) in [6, 6.07) is 0. The third kappa shape index (κ3) is 2.07. The van der Waals surface area contributed by atoms with Crippen molar-refractivity contribution in [2.75, 3.05) is 7.11 Å². The van der Waals surface area contributed by atoms with Gasteiger partial charge in [0, 0.05) is 7.11 Å². The van der Waals surface area contributed by atoms with Gasteiger partial charge in [-0.1, -0.05) is 13.3 Å². The molecule has 2 rings (SSSR count). The summed E-state index contributed by atoms with van der Waals surface area (Å²) in [5.41, 5.74) is 0. The molecule has 2 fully saturated rings. The van der Waals surface area contributed by atoms with Gasteiger partial charge < -0.3 is 4.74 Å². The highest BCUT2D eigenvalue weighted by atomic mass is 16.5. The first-order valence-electron chi connectivity index (χ1n) is 5.82. The summed E-state index contributed by atoms with van der Waals surface area (Å²) in [5, 5.41) is 0. The van der Waals surface area contributed by atoms with E-state index in [0.717, 1.165) is 17.8 Å². The number of fused-ring (bicyclic) bond motifs is 1. The van der Waals surface area contributed by atoms with E-state index in [2.05, 4.69) is 6.92 Å². The normalized spacial score (nSPS) is 45.7. The molecule has 4 unspecified atom stereocenters. The Balaban J connectivity index is 1.91. The Hall–Kier alpha value is -0.0400. The molecule has 2 aliphatic carbocycles. The Bertz CT molecular complexity index is 167. The molecule has 0 radical (unpaired) electrons. The van der Waals surface area contributed by atoms with Gasteiger partial charge in [0.15, 0.2) is 0 Å². The second-order valence-corrected chi connectivity index (χ2v) is 5.11. The molecular weight excluding hydrogens is 160 g/mol. The largest absolute Gasteiger partial charge is 0.381 e. The summed E-state index contributed by atoms with van der Waals surface area (Å²) in [7, 11) is 1.87. The minimum Gasteiger partial charge on any atom is -0.381 e. The lowest BCUT2D eigenvalue weighted by molar-refractivity contribution is 0.00757. The maximum absolute atomic E-state index is 5.48. The van der Waals surface area contributed by atoms with Crippen molar-refractivity contribution in [1.82, 2.24) is 0 Å². The van der Waals surface area contributed by atoms with Gasteiger partial charge in [-0.3, -0.25) is 0 Å². The Morgan fingerprint density at radius 2 is 1.69 bits per heavy atom. The monoisotopic (exact) mass is 182 g/mol. The summed E-state index contributed by atoms with van der Waals surface area (Å²) >= 11 is 0. The molecule has 2 saturated carbocycles. The number of hydrogen-bond acceptors (Lipinski definition) is 1. The molecule has 2 aliphatic rings. The van der Waals surface area contributed by atoms with Gasteiger partial charge >= 0.3 is 0 Å². The van der Waals surface area contributed by atoms with Crippen LogP contribution in [0.5, 0.6) is 0 Å². The third-order valence-corrected chi connectivity index (χ3v) is 4.16. The van der Waals surface area contributed by atoms with E-state index >= 15 is 0 Å². The van der Waals surface area contributed by atoms with E-state index in [-0.39, 0.29) is 0 Å². The van der Waals surface area contributed by atoms with Crippen molar-refractivity contribution in [2.45, 2.75) is 51.6 Å². The van der Waals surface area contributed by atoms with Crippen LogP contribution in [0, 0.1) is 17.8 Å². The van der Waals surface area contributed by atoms with Gasteiger partial charge in [0.25, 0.3) is 0 Å². The van der Waals surface area contributed by atoms with E-state index in [1.807, 2.05) is 7.11 Å². The first-order chi connectivity index (χ1) is 6.29. The SMILES string of the molecule is COC1CCC2CCC(C)CC2C1. The molecule has 0 aliphatic heterocycles. The maximum Gasteiger partial charge on any atom is 0.0574 e. The third-order valence-electron chi connectivity index (χ3n) is 4.16. The number of ether oxygens (including phenoxy) is 1. The number of rotatable bonds is 1. The molecule has 0 heterocycles. The second kappa shape index (κ2) is 4.00. The standard InChI is InChI=1S/C12H22O/c1-9-3-4-10-5-6-12(13-2)8-11(10)7-9/h9-12H,3-8H2,1-2H3. The van der Waals surface area contributed by atoms with Crippen molar-refractivity contribution >= 4 is 0 Å². The summed E-state index contributed by atoms with van der Waals surface area (Å²) in [5.74, 6) is 3.00. The van der Waals surface area contributed by atoms with E-state index in [9.17, 15) is 0 Å². The smallest absolute Gasteiger partial charge is 0.0574 e. The van der Waals surface area contributed by atoms with Crippen molar-refractivity contribution in [3.63, 3.8) is 0 Å². The molecule has 0 bridgehead atoms. The fourth-order valence-corrected chi connectivity index (χ4v) is 3.30. The van der Waals surface area contributed by atoms with Crippen molar-refractivity contribution in [3.05, 3.63) is 0 Å². The van der Waals surface area contributed by atoms with Crippen LogP contribution < -0.4 is 0 Å². The van der Waals surface area contributed by atoms with Gasteiger partial charge in [0.1, 0.15) is 0 Å². The van der Waals surface area contributed by atoms with Gasteiger partial charge in [-0.25, -0.2) is 0 Å². The molecule has 0 spiro atoms. The summed E-state index contributed by atoms with van der Waals surface area (Å²) in [6.45, 7) is 2.41. The first kappa shape index (κ1) is 9.51. The quantitative estimate of drug-likeness (QED) is 0.605. The Morgan fingerprint density at radius 1 is 0.923 bits per heavy atom. The topological polar surface area (TPSA) is 9.23 Å². The van der Waals surface area contributed by atoms with Crippen LogP contribution in [0.1, 0.15) is 45.4 Å². The van der Waals surface area contributed by atoms with Crippen molar-refractivity contribution in [2.24, 2.45) is 17.8 Å². The van der Waals surface area contributed by atoms with Crippen LogP contribution in [0.15, 0.2) is 0 Å². The fraction of sp³-hybridized carbons (Fsp3) is 1.00. The fourth-order valence-electron chi connectivity index (χ4n) is 3.30. The number of methoxy groups -OCH3 is 1. The molecule has 0 aromatic carbocycles. The zero-order valence-electron chi connectivity index (χ0n) is 8.96. The highest BCUT2D eigenvalue weighted by Crippen LogP contribution is 2.43. The highest BCUT2D eigenvalue weighted by molar-refractivity contribution is 4.85. The number of hydrogen-bond donors (Lipinski definition) is 0. The molecule has 1 heteroatoms. The lowest BCUT2D eigenvalue weighted by Crippen LogP contribution is -2.33. The van der Waals surface area contributed by atoms with Crippen LogP contribution >= 0.6 is 0 Å². The Kier molecular flexibility index (Phi) is 2.92. The van der Waals surface area contributed by atoms with Crippen LogP contribution in [-0.2, 0) is 4.74 Å². The van der Waals surface area contributed by atoms with Gasteiger partial charge in [-0.2, -0.15) is 0 Å². The van der Waals surface area contributed by atoms with Crippen LogP contribution in [0.3, 0.4) is 0 Å². The van der Waals surface area contributed by atoms with Crippen molar-refractivity contribution in [1.29, 1.82) is 0 Å². The zero-order chi connectivity index (χ0) is 9.26. The van der Waals surface area contributed by atoms with Crippen LogP contribution in [0.4, 0.5) is 0 Å². The Labute approximate surface area is 81.9 Å². The van der Waals surface area contributed by atoms with E-state index < -0.39 is 0 Å². The lowest BCUT2D eigenvalue weighted by atomic mass is 9.67. The first-order valence-corrected chi connectivity index (χ1v) is 5.82. The molecule has 0 aromatic rings.